The first-order chi connectivity index (χ1) is 14.2. The number of ether oxygens (including phenoxy) is 2. The fourth-order valence-electron chi connectivity index (χ4n) is 3.52. The summed E-state index contributed by atoms with van der Waals surface area (Å²) in [5, 5.41) is 5.29. The first-order valence-electron chi connectivity index (χ1n) is 9.32. The SMILES string of the molecule is COC(=O)C[C@@H]1CN(S(=O)(=O)c2ccc3cc(Cl)ccc3c2)C[C@H](CC(=O)OC)N1. The number of esters is 2. The van der Waals surface area contributed by atoms with Crippen LogP contribution in [-0.2, 0) is 29.1 Å². The van der Waals surface area contributed by atoms with Gasteiger partial charge in [-0.25, -0.2) is 8.42 Å². The summed E-state index contributed by atoms with van der Waals surface area (Å²) >= 11 is 6.00. The molecule has 10 heteroatoms. The molecule has 1 saturated heterocycles. The van der Waals surface area contributed by atoms with Crippen molar-refractivity contribution in [2.24, 2.45) is 0 Å². The maximum atomic E-state index is 13.3. The number of piperazine rings is 1. The lowest BCUT2D eigenvalue weighted by Crippen LogP contribution is -2.58. The average molecular weight is 455 g/mol. The molecule has 0 spiro atoms. The van der Waals surface area contributed by atoms with Gasteiger partial charge in [0, 0.05) is 30.2 Å². The van der Waals surface area contributed by atoms with E-state index in [2.05, 4.69) is 5.32 Å². The van der Waals surface area contributed by atoms with Crippen LogP contribution < -0.4 is 5.32 Å². The zero-order valence-electron chi connectivity index (χ0n) is 16.6. The largest absolute Gasteiger partial charge is 0.469 e. The third-order valence-electron chi connectivity index (χ3n) is 5.01. The van der Waals surface area contributed by atoms with Crippen molar-refractivity contribution >= 4 is 44.3 Å². The molecule has 0 amide bonds. The van der Waals surface area contributed by atoms with E-state index >= 15 is 0 Å². The number of hydrogen-bond donors (Lipinski definition) is 1. The second-order valence-corrected chi connectivity index (χ2v) is 9.47. The third kappa shape index (κ3) is 5.10. The van der Waals surface area contributed by atoms with E-state index in [0.29, 0.717) is 5.02 Å². The number of benzene rings is 2. The number of hydrogen-bond acceptors (Lipinski definition) is 7. The molecule has 30 heavy (non-hydrogen) atoms. The Balaban J connectivity index is 1.90. The van der Waals surface area contributed by atoms with Gasteiger partial charge in [-0.1, -0.05) is 23.7 Å². The van der Waals surface area contributed by atoms with E-state index in [9.17, 15) is 18.0 Å². The van der Waals surface area contributed by atoms with Gasteiger partial charge in [0.1, 0.15) is 0 Å². The topological polar surface area (TPSA) is 102 Å². The number of methoxy groups -OCH3 is 2. The van der Waals surface area contributed by atoms with Crippen molar-refractivity contribution < 1.29 is 27.5 Å². The summed E-state index contributed by atoms with van der Waals surface area (Å²) < 4.78 is 37.4. The van der Waals surface area contributed by atoms with Gasteiger partial charge in [-0.15, -0.1) is 0 Å². The van der Waals surface area contributed by atoms with Gasteiger partial charge in [-0.2, -0.15) is 4.31 Å². The van der Waals surface area contributed by atoms with E-state index in [0.717, 1.165) is 10.8 Å². The fraction of sp³-hybridized carbons (Fsp3) is 0.400. The lowest BCUT2D eigenvalue weighted by molar-refractivity contribution is -0.141. The van der Waals surface area contributed by atoms with Crippen LogP contribution in [0.3, 0.4) is 0 Å². The number of halogens is 1. The first-order valence-corrected chi connectivity index (χ1v) is 11.1. The van der Waals surface area contributed by atoms with Crippen molar-refractivity contribution in [3.63, 3.8) is 0 Å². The van der Waals surface area contributed by atoms with Crippen molar-refractivity contribution in [1.82, 2.24) is 9.62 Å². The summed E-state index contributed by atoms with van der Waals surface area (Å²) in [6, 6.07) is 9.06. The maximum Gasteiger partial charge on any atom is 0.307 e. The van der Waals surface area contributed by atoms with Crippen LogP contribution in [0.5, 0.6) is 0 Å². The van der Waals surface area contributed by atoms with E-state index in [1.807, 2.05) is 0 Å². The average Bonchev–Trinajstić information content (AvgIpc) is 2.72. The highest BCUT2D eigenvalue weighted by molar-refractivity contribution is 7.89. The molecule has 0 saturated carbocycles. The number of rotatable bonds is 6. The molecule has 1 N–H and O–H groups in total. The number of carbonyl (C=O) groups is 2. The second-order valence-electron chi connectivity index (χ2n) is 7.10. The van der Waals surface area contributed by atoms with E-state index in [1.165, 1.54) is 24.6 Å². The Bertz CT molecular complexity index is 1030. The number of sulfonamides is 1. The van der Waals surface area contributed by atoms with Gasteiger partial charge >= 0.3 is 11.9 Å². The Morgan fingerprint density at radius 3 is 2.10 bits per heavy atom. The van der Waals surface area contributed by atoms with E-state index in [-0.39, 0.29) is 30.8 Å². The van der Waals surface area contributed by atoms with Crippen LogP contribution in [0.1, 0.15) is 12.8 Å². The Hall–Kier alpha value is -2.20. The zero-order valence-corrected chi connectivity index (χ0v) is 18.2. The molecule has 0 unspecified atom stereocenters. The molecule has 1 fully saturated rings. The molecular formula is C20H23ClN2O6S. The Morgan fingerprint density at radius 2 is 1.53 bits per heavy atom. The number of carbonyl (C=O) groups excluding carboxylic acids is 2. The number of nitrogens with one attached hydrogen (secondary N) is 1. The second kappa shape index (κ2) is 9.30. The smallest absolute Gasteiger partial charge is 0.307 e. The molecule has 0 bridgehead atoms. The maximum absolute atomic E-state index is 13.3. The first kappa shape index (κ1) is 22.5. The molecule has 1 heterocycles. The van der Waals surface area contributed by atoms with Crippen LogP contribution in [-0.4, -0.2) is 64.1 Å². The molecule has 2 atom stereocenters. The highest BCUT2D eigenvalue weighted by atomic mass is 35.5. The lowest BCUT2D eigenvalue weighted by Gasteiger charge is -2.37. The normalized spacial score (nSPS) is 20.1. The minimum Gasteiger partial charge on any atom is -0.469 e. The Morgan fingerprint density at radius 1 is 1.00 bits per heavy atom. The predicted octanol–water partition coefficient (Wildman–Crippen LogP) is 1.95. The van der Waals surface area contributed by atoms with Gasteiger partial charge < -0.3 is 14.8 Å². The molecule has 8 nitrogen and oxygen atoms in total. The van der Waals surface area contributed by atoms with Gasteiger partial charge in [0.15, 0.2) is 0 Å². The molecule has 0 aliphatic carbocycles. The zero-order chi connectivity index (χ0) is 21.9. The molecule has 0 aromatic heterocycles. The highest BCUT2D eigenvalue weighted by Gasteiger charge is 2.36. The van der Waals surface area contributed by atoms with Crippen molar-refractivity contribution in [1.29, 1.82) is 0 Å². The van der Waals surface area contributed by atoms with Crippen LogP contribution in [0.15, 0.2) is 41.3 Å². The minimum atomic E-state index is -3.86. The van der Waals surface area contributed by atoms with E-state index in [4.69, 9.17) is 21.1 Å². The van der Waals surface area contributed by atoms with Crippen LogP contribution in [0.2, 0.25) is 5.02 Å². The summed E-state index contributed by atoms with van der Waals surface area (Å²) in [7, 11) is -1.32. The van der Waals surface area contributed by atoms with Crippen molar-refractivity contribution in [2.45, 2.75) is 29.8 Å². The van der Waals surface area contributed by atoms with Crippen LogP contribution in [0, 0.1) is 0 Å². The molecule has 3 rings (SSSR count). The summed E-state index contributed by atoms with van der Waals surface area (Å²) in [5.41, 5.74) is 0. The van der Waals surface area contributed by atoms with Gasteiger partial charge in [0.2, 0.25) is 10.0 Å². The standard InChI is InChI=1S/C20H23ClN2O6S/c1-28-19(24)9-16-11-23(12-17(22-16)10-20(25)29-2)30(26,27)18-6-4-13-7-15(21)5-3-14(13)8-18/h3-8,16-17,22H,9-12H2,1-2H3/t16-,17+. The van der Waals surface area contributed by atoms with Gasteiger partial charge in [0.25, 0.3) is 0 Å². The summed E-state index contributed by atoms with van der Waals surface area (Å²) in [4.78, 5) is 23.6. The molecule has 2 aromatic carbocycles. The quantitative estimate of drug-likeness (QED) is 0.665. The molecule has 1 aliphatic rings. The number of fused-ring (bicyclic) bond motifs is 1. The Labute approximate surface area is 180 Å². The third-order valence-corrected chi connectivity index (χ3v) is 7.08. The minimum absolute atomic E-state index is 0.0174. The predicted molar refractivity (Wildman–Crippen MR) is 112 cm³/mol. The van der Waals surface area contributed by atoms with E-state index < -0.39 is 34.0 Å². The van der Waals surface area contributed by atoms with Crippen LogP contribution >= 0.6 is 11.6 Å². The van der Waals surface area contributed by atoms with Crippen LogP contribution in [0.4, 0.5) is 0 Å². The van der Waals surface area contributed by atoms with Crippen molar-refractivity contribution in [3.8, 4) is 0 Å². The number of nitrogens with zero attached hydrogens (tertiary/aromatic N) is 1. The molecule has 0 radical (unpaired) electrons. The van der Waals surface area contributed by atoms with Gasteiger partial charge in [-0.3, -0.25) is 9.59 Å². The highest BCUT2D eigenvalue weighted by Crippen LogP contribution is 2.26. The summed E-state index contributed by atoms with van der Waals surface area (Å²) in [5.74, 6) is -0.933. The van der Waals surface area contributed by atoms with E-state index in [1.54, 1.807) is 30.3 Å². The summed E-state index contributed by atoms with van der Waals surface area (Å²) in [6.07, 6.45) is -0.0349. The molecule has 1 aliphatic heterocycles. The molecular weight excluding hydrogens is 432 g/mol. The van der Waals surface area contributed by atoms with Crippen molar-refractivity contribution in [2.75, 3.05) is 27.3 Å². The monoisotopic (exact) mass is 454 g/mol. The molecule has 2 aromatic rings. The summed E-state index contributed by atoms with van der Waals surface area (Å²) in [6.45, 7) is 0.154. The fourth-order valence-corrected chi connectivity index (χ4v) is 5.27. The van der Waals surface area contributed by atoms with Crippen LogP contribution in [0.25, 0.3) is 10.8 Å². The van der Waals surface area contributed by atoms with Gasteiger partial charge in [-0.05, 0) is 35.0 Å². The van der Waals surface area contributed by atoms with Gasteiger partial charge in [0.05, 0.1) is 32.0 Å². The molecule has 162 valence electrons. The van der Waals surface area contributed by atoms with Crippen molar-refractivity contribution in [3.05, 3.63) is 41.4 Å². The Kier molecular flexibility index (Phi) is 6.97. The lowest BCUT2D eigenvalue weighted by atomic mass is 10.1.